The fourth-order valence-corrected chi connectivity index (χ4v) is 3.12. The van der Waals surface area contributed by atoms with E-state index in [4.69, 9.17) is 4.74 Å². The second kappa shape index (κ2) is 5.62. The third-order valence-electron chi connectivity index (χ3n) is 2.93. The predicted molar refractivity (Wildman–Crippen MR) is 66.7 cm³/mol. The molecule has 6 nitrogen and oxygen atoms in total. The van der Waals surface area contributed by atoms with Gasteiger partial charge in [-0.2, -0.15) is 4.31 Å². The van der Waals surface area contributed by atoms with E-state index in [0.29, 0.717) is 19.0 Å². The van der Waals surface area contributed by atoms with Crippen LogP contribution in [0.3, 0.4) is 0 Å². The van der Waals surface area contributed by atoms with Crippen LogP contribution in [-0.2, 0) is 10.0 Å². The van der Waals surface area contributed by atoms with E-state index in [1.165, 1.54) is 10.5 Å². The van der Waals surface area contributed by atoms with Gasteiger partial charge in [-0.15, -0.1) is 0 Å². The van der Waals surface area contributed by atoms with Gasteiger partial charge in [0.2, 0.25) is 15.9 Å². The topological polar surface area (TPSA) is 72.4 Å². The molecule has 0 aliphatic carbocycles. The monoisotopic (exact) mass is 271 g/mol. The van der Waals surface area contributed by atoms with Gasteiger partial charge in [-0.3, -0.25) is 4.98 Å². The van der Waals surface area contributed by atoms with Gasteiger partial charge in [-0.05, 0) is 19.8 Å². The second-order valence-corrected chi connectivity index (χ2v) is 6.44. The summed E-state index contributed by atoms with van der Waals surface area (Å²) in [6.07, 6.45) is 6.17. The van der Waals surface area contributed by atoms with E-state index in [1.807, 2.05) is 0 Å². The standard InChI is InChI=1S/C11H17N3O3S/c1-2-18(15,16)14-7-3-4-10(9-14)17-11-8-12-5-6-13-11/h5-6,8,10H,2-4,7,9H2,1H3. The van der Waals surface area contributed by atoms with Crippen molar-refractivity contribution in [3.8, 4) is 5.88 Å². The lowest BCUT2D eigenvalue weighted by atomic mass is 10.1. The van der Waals surface area contributed by atoms with E-state index in [2.05, 4.69) is 9.97 Å². The molecule has 1 aromatic heterocycles. The van der Waals surface area contributed by atoms with Gasteiger partial charge in [0.25, 0.3) is 0 Å². The molecule has 0 aromatic carbocycles. The van der Waals surface area contributed by atoms with Gasteiger partial charge in [0.15, 0.2) is 0 Å². The van der Waals surface area contributed by atoms with Crippen LogP contribution in [0.1, 0.15) is 19.8 Å². The second-order valence-electron chi connectivity index (χ2n) is 4.18. The Morgan fingerprint density at radius 1 is 1.50 bits per heavy atom. The lowest BCUT2D eigenvalue weighted by molar-refractivity contribution is 0.124. The molecule has 1 atom stereocenters. The number of sulfonamides is 1. The average Bonchev–Trinajstić information content (AvgIpc) is 2.40. The Morgan fingerprint density at radius 2 is 2.33 bits per heavy atom. The molecule has 100 valence electrons. The molecule has 1 aliphatic rings. The highest BCUT2D eigenvalue weighted by Crippen LogP contribution is 2.18. The van der Waals surface area contributed by atoms with Crippen LogP contribution in [0.15, 0.2) is 18.6 Å². The fraction of sp³-hybridized carbons (Fsp3) is 0.636. The summed E-state index contributed by atoms with van der Waals surface area (Å²) in [6, 6.07) is 0. The fourth-order valence-electron chi connectivity index (χ4n) is 1.95. The number of nitrogens with zero attached hydrogens (tertiary/aromatic N) is 3. The minimum absolute atomic E-state index is 0.130. The molecule has 1 unspecified atom stereocenters. The van der Waals surface area contributed by atoms with Gasteiger partial charge < -0.3 is 4.74 Å². The molecule has 0 bridgehead atoms. The van der Waals surface area contributed by atoms with E-state index >= 15 is 0 Å². The largest absolute Gasteiger partial charge is 0.472 e. The third kappa shape index (κ3) is 3.17. The number of rotatable bonds is 4. The molecule has 1 aromatic rings. The lowest BCUT2D eigenvalue weighted by Crippen LogP contribution is -2.44. The van der Waals surface area contributed by atoms with Gasteiger partial charge in [0.05, 0.1) is 18.5 Å². The van der Waals surface area contributed by atoms with E-state index in [0.717, 1.165) is 12.8 Å². The van der Waals surface area contributed by atoms with Gasteiger partial charge in [0, 0.05) is 18.9 Å². The SMILES string of the molecule is CCS(=O)(=O)N1CCCC(Oc2cnccn2)C1. The van der Waals surface area contributed by atoms with Crippen molar-refractivity contribution in [3.63, 3.8) is 0 Å². The maximum absolute atomic E-state index is 11.8. The first-order valence-electron chi connectivity index (χ1n) is 6.02. The first-order valence-corrected chi connectivity index (χ1v) is 7.63. The number of hydrogen-bond acceptors (Lipinski definition) is 5. The Labute approximate surface area is 107 Å². The molecule has 7 heteroatoms. The highest BCUT2D eigenvalue weighted by atomic mass is 32.2. The molecular weight excluding hydrogens is 254 g/mol. The molecule has 2 heterocycles. The zero-order valence-electron chi connectivity index (χ0n) is 10.3. The maximum Gasteiger partial charge on any atom is 0.232 e. The van der Waals surface area contributed by atoms with Crippen LogP contribution < -0.4 is 4.74 Å². The zero-order chi connectivity index (χ0) is 13.0. The summed E-state index contributed by atoms with van der Waals surface area (Å²) >= 11 is 0. The molecule has 0 saturated carbocycles. The molecule has 1 fully saturated rings. The maximum atomic E-state index is 11.8. The van der Waals surface area contributed by atoms with Crippen molar-refractivity contribution in [2.24, 2.45) is 0 Å². The Balaban J connectivity index is 1.99. The van der Waals surface area contributed by atoms with Crippen LogP contribution in [0.2, 0.25) is 0 Å². The van der Waals surface area contributed by atoms with Crippen molar-refractivity contribution in [1.29, 1.82) is 0 Å². The van der Waals surface area contributed by atoms with Crippen LogP contribution in [0.5, 0.6) is 5.88 Å². The summed E-state index contributed by atoms with van der Waals surface area (Å²) in [6.45, 7) is 2.63. The number of piperidine rings is 1. The Bertz CT molecular complexity index is 478. The smallest absolute Gasteiger partial charge is 0.232 e. The van der Waals surface area contributed by atoms with Gasteiger partial charge in [-0.25, -0.2) is 13.4 Å². The van der Waals surface area contributed by atoms with E-state index < -0.39 is 10.0 Å². The van der Waals surface area contributed by atoms with E-state index in [1.54, 1.807) is 19.3 Å². The number of ether oxygens (including phenoxy) is 1. The minimum Gasteiger partial charge on any atom is -0.472 e. The summed E-state index contributed by atoms with van der Waals surface area (Å²) in [5, 5.41) is 0. The number of hydrogen-bond donors (Lipinski definition) is 0. The van der Waals surface area contributed by atoms with Gasteiger partial charge in [-0.1, -0.05) is 0 Å². The van der Waals surface area contributed by atoms with Crippen molar-refractivity contribution in [1.82, 2.24) is 14.3 Å². The van der Waals surface area contributed by atoms with Crippen molar-refractivity contribution in [2.45, 2.75) is 25.9 Å². The Kier molecular flexibility index (Phi) is 4.13. The van der Waals surface area contributed by atoms with Crippen LogP contribution in [0.25, 0.3) is 0 Å². The summed E-state index contributed by atoms with van der Waals surface area (Å²) in [5.74, 6) is 0.573. The number of aromatic nitrogens is 2. The molecule has 0 spiro atoms. The first-order chi connectivity index (χ1) is 8.62. The van der Waals surface area contributed by atoms with Crippen molar-refractivity contribution < 1.29 is 13.2 Å². The quantitative estimate of drug-likeness (QED) is 0.804. The molecule has 0 N–H and O–H groups in total. The molecule has 0 amide bonds. The van der Waals surface area contributed by atoms with E-state index in [9.17, 15) is 8.42 Å². The summed E-state index contributed by atoms with van der Waals surface area (Å²) in [5.41, 5.74) is 0. The molecule has 1 aliphatic heterocycles. The minimum atomic E-state index is -3.13. The average molecular weight is 271 g/mol. The van der Waals surface area contributed by atoms with Crippen molar-refractivity contribution >= 4 is 10.0 Å². The normalized spacial score (nSPS) is 21.7. The van der Waals surface area contributed by atoms with Crippen LogP contribution >= 0.6 is 0 Å². The Hall–Kier alpha value is -1.21. The highest BCUT2D eigenvalue weighted by Gasteiger charge is 2.28. The van der Waals surface area contributed by atoms with Crippen molar-refractivity contribution in [2.75, 3.05) is 18.8 Å². The third-order valence-corrected chi connectivity index (χ3v) is 4.77. The first kappa shape index (κ1) is 13.2. The highest BCUT2D eigenvalue weighted by molar-refractivity contribution is 7.89. The lowest BCUT2D eigenvalue weighted by Gasteiger charge is -2.31. The van der Waals surface area contributed by atoms with Crippen molar-refractivity contribution in [3.05, 3.63) is 18.6 Å². The molecule has 0 radical (unpaired) electrons. The van der Waals surface area contributed by atoms with Gasteiger partial charge >= 0.3 is 0 Å². The van der Waals surface area contributed by atoms with Crippen LogP contribution in [0, 0.1) is 0 Å². The predicted octanol–water partition coefficient (Wildman–Crippen LogP) is 0.670. The Morgan fingerprint density at radius 3 is 3.00 bits per heavy atom. The van der Waals surface area contributed by atoms with Crippen LogP contribution in [-0.4, -0.2) is 47.6 Å². The van der Waals surface area contributed by atoms with Crippen LogP contribution in [0.4, 0.5) is 0 Å². The summed E-state index contributed by atoms with van der Waals surface area (Å²) in [7, 11) is -3.13. The zero-order valence-corrected chi connectivity index (χ0v) is 11.1. The molecule has 1 saturated heterocycles. The molecular formula is C11H17N3O3S. The molecule has 18 heavy (non-hydrogen) atoms. The summed E-state index contributed by atoms with van der Waals surface area (Å²) in [4.78, 5) is 7.94. The molecule has 2 rings (SSSR count). The summed E-state index contributed by atoms with van der Waals surface area (Å²) < 4.78 is 30.7. The van der Waals surface area contributed by atoms with E-state index in [-0.39, 0.29) is 11.9 Å². The van der Waals surface area contributed by atoms with Gasteiger partial charge in [0.1, 0.15) is 6.10 Å².